The maximum Gasteiger partial charge on any atom is 0.251 e. The summed E-state index contributed by atoms with van der Waals surface area (Å²) >= 11 is 0. The lowest BCUT2D eigenvalue weighted by atomic mass is 10.1. The number of nitrogens with zero attached hydrogens (tertiary/aromatic N) is 1. The molecule has 6 heteroatoms. The fourth-order valence-electron chi connectivity index (χ4n) is 3.05. The Morgan fingerprint density at radius 2 is 2.04 bits per heavy atom. The maximum atomic E-state index is 12.1. The molecule has 0 saturated carbocycles. The Bertz CT molecular complexity index is 530. The van der Waals surface area contributed by atoms with Crippen LogP contribution in [0.5, 0.6) is 5.75 Å². The van der Waals surface area contributed by atoms with Crippen molar-refractivity contribution in [3.63, 3.8) is 0 Å². The minimum Gasteiger partial charge on any atom is -0.490 e. The van der Waals surface area contributed by atoms with E-state index in [-0.39, 0.29) is 12.0 Å². The number of rotatable bonds is 9. The molecule has 140 valence electrons. The van der Waals surface area contributed by atoms with E-state index in [1.807, 2.05) is 18.2 Å². The predicted octanol–water partition coefficient (Wildman–Crippen LogP) is 1.94. The first-order valence-corrected chi connectivity index (χ1v) is 8.91. The van der Waals surface area contributed by atoms with E-state index < -0.39 is 0 Å². The molecule has 1 amide bonds. The van der Waals surface area contributed by atoms with E-state index in [9.17, 15) is 4.79 Å². The van der Waals surface area contributed by atoms with Gasteiger partial charge in [-0.25, -0.2) is 0 Å². The van der Waals surface area contributed by atoms with Gasteiger partial charge in [-0.05, 0) is 38.0 Å². The zero-order valence-corrected chi connectivity index (χ0v) is 15.5. The van der Waals surface area contributed by atoms with Crippen molar-refractivity contribution in [2.75, 3.05) is 47.1 Å². The van der Waals surface area contributed by atoms with Gasteiger partial charge in [-0.1, -0.05) is 6.07 Å². The van der Waals surface area contributed by atoms with Gasteiger partial charge in [0, 0.05) is 45.5 Å². The maximum absolute atomic E-state index is 12.1. The van der Waals surface area contributed by atoms with Crippen molar-refractivity contribution in [1.29, 1.82) is 0 Å². The van der Waals surface area contributed by atoms with E-state index in [1.165, 1.54) is 0 Å². The third kappa shape index (κ3) is 6.30. The number of piperidine rings is 1. The highest BCUT2D eigenvalue weighted by atomic mass is 16.5. The van der Waals surface area contributed by atoms with Crippen LogP contribution >= 0.6 is 0 Å². The van der Waals surface area contributed by atoms with Gasteiger partial charge in [0.25, 0.3) is 5.91 Å². The van der Waals surface area contributed by atoms with Crippen molar-refractivity contribution in [2.45, 2.75) is 31.9 Å². The van der Waals surface area contributed by atoms with Gasteiger partial charge in [0.15, 0.2) is 0 Å². The molecule has 25 heavy (non-hydrogen) atoms. The van der Waals surface area contributed by atoms with Crippen LogP contribution in [-0.4, -0.2) is 70.0 Å². The Hall–Kier alpha value is -1.63. The Morgan fingerprint density at radius 3 is 2.72 bits per heavy atom. The second kappa shape index (κ2) is 10.4. The molecule has 0 radical (unpaired) electrons. The standard InChI is InChI=1S/C19H30N2O4/c1-15(14-24-3)21-10-7-17(8-11-21)25-18-6-4-5-16(13-18)19(22)20-9-12-23-2/h4-6,13,15,17H,7-12,14H2,1-3H3,(H,20,22)/t15-/m1/s1. The largest absolute Gasteiger partial charge is 0.490 e. The summed E-state index contributed by atoms with van der Waals surface area (Å²) < 4.78 is 16.3. The molecule has 0 bridgehead atoms. The van der Waals surface area contributed by atoms with Crippen LogP contribution in [0.2, 0.25) is 0 Å². The summed E-state index contributed by atoms with van der Waals surface area (Å²) in [6.45, 7) is 5.96. The molecule has 2 rings (SSSR count). The highest BCUT2D eigenvalue weighted by Gasteiger charge is 2.23. The van der Waals surface area contributed by atoms with E-state index in [0.29, 0.717) is 24.8 Å². The quantitative estimate of drug-likeness (QED) is 0.690. The van der Waals surface area contributed by atoms with E-state index in [4.69, 9.17) is 14.2 Å². The Balaban J connectivity index is 1.83. The third-order valence-corrected chi connectivity index (χ3v) is 4.50. The van der Waals surface area contributed by atoms with Gasteiger partial charge >= 0.3 is 0 Å². The van der Waals surface area contributed by atoms with Gasteiger partial charge in [-0.2, -0.15) is 0 Å². The molecule has 6 nitrogen and oxygen atoms in total. The minimum absolute atomic E-state index is 0.106. The molecule has 1 heterocycles. The van der Waals surface area contributed by atoms with Crippen LogP contribution in [0, 0.1) is 0 Å². The highest BCUT2D eigenvalue weighted by Crippen LogP contribution is 2.21. The molecular weight excluding hydrogens is 320 g/mol. The van der Waals surface area contributed by atoms with E-state index in [2.05, 4.69) is 17.1 Å². The average Bonchev–Trinajstić information content (AvgIpc) is 2.63. The zero-order valence-electron chi connectivity index (χ0n) is 15.5. The molecule has 1 aromatic carbocycles. The number of hydrogen-bond acceptors (Lipinski definition) is 5. The Kier molecular flexibility index (Phi) is 8.18. The van der Waals surface area contributed by atoms with Gasteiger partial charge in [-0.3, -0.25) is 9.69 Å². The first-order valence-electron chi connectivity index (χ1n) is 8.91. The lowest BCUT2D eigenvalue weighted by molar-refractivity contribution is 0.0474. The fourth-order valence-corrected chi connectivity index (χ4v) is 3.05. The van der Waals surface area contributed by atoms with E-state index >= 15 is 0 Å². The van der Waals surface area contributed by atoms with Crippen molar-refractivity contribution in [2.24, 2.45) is 0 Å². The fraction of sp³-hybridized carbons (Fsp3) is 0.632. The number of benzene rings is 1. The predicted molar refractivity (Wildman–Crippen MR) is 97.2 cm³/mol. The number of nitrogens with one attached hydrogen (secondary N) is 1. The molecule has 1 aromatic rings. The molecule has 1 fully saturated rings. The monoisotopic (exact) mass is 350 g/mol. The second-order valence-corrected chi connectivity index (χ2v) is 6.43. The zero-order chi connectivity index (χ0) is 18.1. The SMILES string of the molecule is COCCNC(=O)c1cccc(OC2CCN([C@H](C)COC)CC2)c1. The summed E-state index contributed by atoms with van der Waals surface area (Å²) in [6, 6.07) is 7.80. The molecule has 0 aromatic heterocycles. The molecule has 0 unspecified atom stereocenters. The molecule has 0 spiro atoms. The lowest BCUT2D eigenvalue weighted by Crippen LogP contribution is -2.44. The van der Waals surface area contributed by atoms with Gasteiger partial charge < -0.3 is 19.5 Å². The lowest BCUT2D eigenvalue weighted by Gasteiger charge is -2.35. The van der Waals surface area contributed by atoms with Crippen LogP contribution in [0.4, 0.5) is 0 Å². The number of carbonyl (C=O) groups is 1. The highest BCUT2D eigenvalue weighted by molar-refractivity contribution is 5.94. The molecule has 1 aliphatic rings. The number of likely N-dealkylation sites (tertiary alicyclic amines) is 1. The summed E-state index contributed by atoms with van der Waals surface area (Å²) in [5.41, 5.74) is 0.611. The summed E-state index contributed by atoms with van der Waals surface area (Å²) in [6.07, 6.45) is 2.16. The number of ether oxygens (including phenoxy) is 3. The molecule has 1 saturated heterocycles. The Labute approximate surface area is 150 Å². The van der Waals surface area contributed by atoms with Crippen molar-refractivity contribution < 1.29 is 19.0 Å². The molecule has 0 aliphatic carbocycles. The smallest absolute Gasteiger partial charge is 0.251 e. The topological polar surface area (TPSA) is 60.0 Å². The summed E-state index contributed by atoms with van der Waals surface area (Å²) in [4.78, 5) is 14.5. The van der Waals surface area contributed by atoms with Gasteiger partial charge in [0.05, 0.1) is 13.2 Å². The number of carbonyl (C=O) groups excluding carboxylic acids is 1. The molecule has 1 aliphatic heterocycles. The minimum atomic E-state index is -0.106. The van der Waals surface area contributed by atoms with Crippen LogP contribution < -0.4 is 10.1 Å². The van der Waals surface area contributed by atoms with Crippen molar-refractivity contribution in [3.05, 3.63) is 29.8 Å². The summed E-state index contributed by atoms with van der Waals surface area (Å²) in [5, 5.41) is 2.82. The van der Waals surface area contributed by atoms with Crippen LogP contribution in [0.3, 0.4) is 0 Å². The van der Waals surface area contributed by atoms with Crippen molar-refractivity contribution in [3.8, 4) is 5.75 Å². The normalized spacial score (nSPS) is 17.2. The Morgan fingerprint density at radius 1 is 1.28 bits per heavy atom. The van der Waals surface area contributed by atoms with E-state index in [1.54, 1.807) is 20.3 Å². The first kappa shape index (κ1) is 19.7. The van der Waals surface area contributed by atoms with Gasteiger partial charge in [0.1, 0.15) is 11.9 Å². The van der Waals surface area contributed by atoms with Crippen LogP contribution in [0.15, 0.2) is 24.3 Å². The van der Waals surface area contributed by atoms with Crippen molar-refractivity contribution in [1.82, 2.24) is 10.2 Å². The van der Waals surface area contributed by atoms with Crippen LogP contribution in [-0.2, 0) is 9.47 Å². The summed E-state index contributed by atoms with van der Waals surface area (Å²) in [5.74, 6) is 0.647. The summed E-state index contributed by atoms with van der Waals surface area (Å²) in [7, 11) is 3.35. The second-order valence-electron chi connectivity index (χ2n) is 6.43. The van der Waals surface area contributed by atoms with Crippen molar-refractivity contribution >= 4 is 5.91 Å². The molecule has 1 N–H and O–H groups in total. The number of amides is 1. The van der Waals surface area contributed by atoms with Crippen LogP contribution in [0.1, 0.15) is 30.1 Å². The third-order valence-electron chi connectivity index (χ3n) is 4.50. The average molecular weight is 350 g/mol. The molecule has 1 atom stereocenters. The first-order chi connectivity index (χ1) is 12.1. The van der Waals surface area contributed by atoms with Gasteiger partial charge in [0.2, 0.25) is 0 Å². The van der Waals surface area contributed by atoms with Gasteiger partial charge in [-0.15, -0.1) is 0 Å². The van der Waals surface area contributed by atoms with Crippen LogP contribution in [0.25, 0.3) is 0 Å². The number of hydrogen-bond donors (Lipinski definition) is 1. The number of methoxy groups -OCH3 is 2. The molecular formula is C19H30N2O4. The van der Waals surface area contributed by atoms with E-state index in [0.717, 1.165) is 38.3 Å².